The number of carboxylic acids is 2. The first-order chi connectivity index (χ1) is 45.0. The molecule has 2 unspecified atom stereocenters. The van der Waals surface area contributed by atoms with Gasteiger partial charge >= 0.3 is 18.0 Å². The molecule has 3 aromatic carbocycles. The molecule has 25 nitrogen and oxygen atoms in total. The Bertz CT molecular complexity index is 3810. The van der Waals surface area contributed by atoms with Crippen LogP contribution in [0.15, 0.2) is 90.1 Å². The minimum Gasteiger partial charge on any atom is -0.491 e. The number of para-hydroxylation sites is 1. The lowest BCUT2D eigenvalue weighted by atomic mass is 9.39. The van der Waals surface area contributed by atoms with Crippen molar-refractivity contribution in [2.45, 2.75) is 122 Å². The molecule has 0 spiro atoms. The van der Waals surface area contributed by atoms with Crippen LogP contribution in [0.5, 0.6) is 11.5 Å². The number of aliphatic imine (C=N–C) groups is 1. The fourth-order valence-corrected chi connectivity index (χ4v) is 16.2. The number of halogens is 1. The van der Waals surface area contributed by atoms with Gasteiger partial charge < -0.3 is 65.0 Å². The summed E-state index contributed by atoms with van der Waals surface area (Å²) < 4.78 is 52.0. The molecule has 4 aliphatic carbocycles. The third kappa shape index (κ3) is 15.3. The first kappa shape index (κ1) is 66.6. The van der Waals surface area contributed by atoms with Gasteiger partial charge in [-0.3, -0.25) is 34.4 Å². The van der Waals surface area contributed by atoms with Crippen LogP contribution in [-0.4, -0.2) is 161 Å². The Morgan fingerprint density at radius 2 is 1.63 bits per heavy atom. The number of nitrogens with one attached hydrogen (secondary N) is 3. The summed E-state index contributed by atoms with van der Waals surface area (Å²) in [7, 11) is 0. The zero-order chi connectivity index (χ0) is 66.5. The second-order valence-corrected chi connectivity index (χ2v) is 26.9. The molecule has 4 bridgehead atoms. The van der Waals surface area contributed by atoms with E-state index in [1.165, 1.54) is 35.7 Å². The van der Waals surface area contributed by atoms with E-state index in [4.69, 9.17) is 39.1 Å². The summed E-state index contributed by atoms with van der Waals surface area (Å²) in [5, 5.41) is 39.3. The number of hydrogen-bond donors (Lipinski definition) is 7. The number of anilines is 2. The van der Waals surface area contributed by atoms with Crippen LogP contribution in [0.2, 0.25) is 0 Å². The fraction of sp³-hybridized carbons (Fsp3) is 0.463. The number of fused-ring (bicyclic) bond motifs is 2. The van der Waals surface area contributed by atoms with Gasteiger partial charge in [0.25, 0.3) is 17.7 Å². The predicted octanol–water partition coefficient (Wildman–Crippen LogP) is 7.32. The molecule has 5 aromatic rings. The highest BCUT2D eigenvalue weighted by molar-refractivity contribution is 7.22. The number of amides is 5. The monoisotopic (exact) mass is 1310 g/mol. The van der Waals surface area contributed by atoms with Crippen molar-refractivity contribution in [1.82, 2.24) is 25.5 Å². The van der Waals surface area contributed by atoms with E-state index < -0.39 is 65.7 Å². The largest absolute Gasteiger partial charge is 0.491 e. The zero-order valence-corrected chi connectivity index (χ0v) is 53.2. The lowest BCUT2D eigenvalue weighted by Crippen LogP contribution is -2.64. The van der Waals surface area contributed by atoms with Crippen LogP contribution in [0.3, 0.4) is 0 Å². The maximum atomic E-state index is 15.3. The Labute approximate surface area is 544 Å². The van der Waals surface area contributed by atoms with Crippen molar-refractivity contribution < 1.29 is 81.7 Å². The van der Waals surface area contributed by atoms with Crippen molar-refractivity contribution in [3.63, 3.8) is 0 Å². The number of aromatic carboxylic acids is 1. The molecular formula is C67H76FN9O16S. The Hall–Kier alpha value is -8.89. The molecule has 7 aliphatic rings. The van der Waals surface area contributed by atoms with Crippen LogP contribution in [0.4, 0.5) is 20.1 Å². The summed E-state index contributed by atoms with van der Waals surface area (Å²) in [5.41, 5.74) is 8.81. The number of aliphatic carboxylic acids is 1. The number of benzene rings is 3. The van der Waals surface area contributed by atoms with E-state index in [1.54, 1.807) is 24.3 Å². The molecule has 94 heavy (non-hydrogen) atoms. The molecule has 498 valence electrons. The van der Waals surface area contributed by atoms with Crippen molar-refractivity contribution in [3.8, 4) is 11.5 Å². The van der Waals surface area contributed by atoms with Crippen LogP contribution >= 0.6 is 11.3 Å². The second kappa shape index (κ2) is 28.0. The first-order valence-electron chi connectivity index (χ1n) is 31.3. The van der Waals surface area contributed by atoms with Gasteiger partial charge in [0, 0.05) is 111 Å². The lowest BCUT2D eigenvalue weighted by molar-refractivity contribution is -0.241. The minimum atomic E-state index is -1.28. The van der Waals surface area contributed by atoms with Crippen molar-refractivity contribution in [3.05, 3.63) is 124 Å². The Balaban J connectivity index is 0.689. The zero-order valence-electron chi connectivity index (χ0n) is 52.4. The van der Waals surface area contributed by atoms with Gasteiger partial charge in [-0.15, -0.1) is 0 Å². The molecule has 4 saturated carbocycles. The summed E-state index contributed by atoms with van der Waals surface area (Å²) in [6.07, 6.45) is 4.97. The van der Waals surface area contributed by atoms with E-state index in [0.717, 1.165) is 65.8 Å². The van der Waals surface area contributed by atoms with Gasteiger partial charge in [-0.2, -0.15) is 0 Å². The fourth-order valence-electron chi connectivity index (χ4n) is 15.3. The van der Waals surface area contributed by atoms with Crippen molar-refractivity contribution in [2.24, 2.45) is 27.0 Å². The minimum absolute atomic E-state index is 0.0156. The van der Waals surface area contributed by atoms with Crippen molar-refractivity contribution >= 4 is 85.4 Å². The Morgan fingerprint density at radius 1 is 0.872 bits per heavy atom. The van der Waals surface area contributed by atoms with Crippen molar-refractivity contribution in [2.75, 3.05) is 69.4 Å². The van der Waals surface area contributed by atoms with Crippen LogP contribution in [-0.2, 0) is 57.7 Å². The maximum Gasteiger partial charge on any atom is 0.407 e. The van der Waals surface area contributed by atoms with Gasteiger partial charge in [-0.1, -0.05) is 37.3 Å². The van der Waals surface area contributed by atoms with Gasteiger partial charge in [0.05, 0.1) is 41.7 Å². The molecule has 5 heterocycles. The number of carbonyl (C=O) groups excluding carboxylic acids is 5. The number of thiazole rings is 1. The number of ether oxygens (including phenoxy) is 6. The van der Waals surface area contributed by atoms with Crippen LogP contribution < -0.4 is 36.1 Å². The van der Waals surface area contributed by atoms with Gasteiger partial charge in [0.15, 0.2) is 16.9 Å². The number of imide groups is 1. The average Bonchev–Trinajstić information content (AvgIpc) is 0.811. The maximum absolute atomic E-state index is 15.3. The van der Waals surface area contributed by atoms with Crippen LogP contribution in [0.25, 0.3) is 15.8 Å². The highest BCUT2D eigenvalue weighted by Gasteiger charge is 2.66. The molecule has 8 N–H and O–H groups in total. The lowest BCUT2D eigenvalue weighted by Gasteiger charge is -2.69. The smallest absolute Gasteiger partial charge is 0.407 e. The highest BCUT2D eigenvalue weighted by atomic mass is 32.1. The number of pyridine rings is 1. The number of aliphatic hydroxyl groups excluding tert-OH is 1. The van der Waals surface area contributed by atoms with Gasteiger partial charge in [-0.05, 0) is 128 Å². The molecule has 5 amide bonds. The normalized spacial score (nSPS) is 24.7. The van der Waals surface area contributed by atoms with Crippen LogP contribution in [0.1, 0.15) is 122 Å². The molecule has 5 fully saturated rings. The van der Waals surface area contributed by atoms with Gasteiger partial charge in [-0.25, -0.2) is 28.7 Å². The van der Waals surface area contributed by atoms with E-state index in [9.17, 15) is 48.9 Å². The quantitative estimate of drug-likeness (QED) is 0.0154. The summed E-state index contributed by atoms with van der Waals surface area (Å²) >= 11 is 1.33. The molecule has 5 atom stereocenters. The standard InChI is InChI=1S/C67H76FN9O16S/c1-39(46(29-69)44-11-13-53(74-58(44)61(85)86)76-20-16-43-47(30-76)45(10-12-48(43)68)59(82)75-62-73-49-6-4-5-7-52(49)94-62)72-38-66-33-64(2)32-65(3,34-66)36-67(35-64,37-66)91-23-19-71-63(87)90-31-40-8-9-42(92-57-27-41(78)26-51(93-57)60(83)84)28-50(40)89-25-24-88-22-18-70-54(79)17-21-77-55(80)14-15-56(77)81/h4-15,28-29,41,51,57,78H,16-27,30-38,69H2,1-3H3,(H,70,79)(H,71,87)(H,83,84)(H,85,86)(H,73,75,82)/t41-,51-,57+,64?,65?,66?,67?/m0/s1. The second-order valence-electron chi connectivity index (χ2n) is 25.9. The molecule has 12 rings (SSSR count). The molecule has 0 radical (unpaired) electrons. The number of carbonyl (C=O) groups is 7. The Morgan fingerprint density at radius 3 is 2.37 bits per heavy atom. The highest BCUT2D eigenvalue weighted by Crippen LogP contribution is 2.71. The summed E-state index contributed by atoms with van der Waals surface area (Å²) in [6.45, 7) is 7.71. The third-order valence-corrected chi connectivity index (χ3v) is 19.1. The third-order valence-electron chi connectivity index (χ3n) is 18.2. The van der Waals surface area contributed by atoms with E-state index in [2.05, 4.69) is 39.8 Å². The number of alkyl carbamates (subject to hydrolysis) is 1. The molecule has 27 heteroatoms. The van der Waals surface area contributed by atoms with E-state index >= 15 is 4.39 Å². The summed E-state index contributed by atoms with van der Waals surface area (Å²) in [4.78, 5) is 105. The Kier molecular flexibility index (Phi) is 19.8. The SMILES string of the molecule is CC(=NCC12CC3(C)CC(C)(C1)CC(OCCNC(=O)OCc1ccc(O[C@H]4C[C@@H](O)C[C@@H](C(=O)O)O4)cc1OCCOCCNC(=O)CCN1C(=O)C=CC1=O)(C3)C2)C(=CN)c1ccc(N2CCc3c(F)ccc(C(=O)Nc4nc5ccccc5s4)c3C2)nc1C(=O)O. The number of carboxylic acid groups (broad SMARTS) is 2. The number of nitrogens with two attached hydrogens (primary N) is 1. The summed E-state index contributed by atoms with van der Waals surface area (Å²) in [5.74, 6) is -3.88. The van der Waals surface area contributed by atoms with Gasteiger partial charge in [0.2, 0.25) is 12.2 Å². The van der Waals surface area contributed by atoms with E-state index in [0.29, 0.717) is 52.0 Å². The van der Waals surface area contributed by atoms with E-state index in [-0.39, 0.29) is 135 Å². The number of aliphatic hydroxyl groups is 1. The van der Waals surface area contributed by atoms with Crippen LogP contribution in [0, 0.1) is 22.1 Å². The number of hydrogen-bond acceptors (Lipinski definition) is 20. The number of aromatic nitrogens is 2. The van der Waals surface area contributed by atoms with E-state index in [1.807, 2.05) is 36.1 Å². The number of nitrogens with zero attached hydrogens (tertiary/aromatic N) is 5. The molecular weight excluding hydrogens is 1240 g/mol. The number of allylic oxidation sites excluding steroid dienone is 1. The molecule has 1 saturated heterocycles. The summed E-state index contributed by atoms with van der Waals surface area (Å²) in [6, 6.07) is 18.3. The van der Waals surface area contributed by atoms with Gasteiger partial charge in [0.1, 0.15) is 36.3 Å². The predicted molar refractivity (Wildman–Crippen MR) is 342 cm³/mol. The number of rotatable bonds is 27. The average molecular weight is 1310 g/mol. The first-order valence-corrected chi connectivity index (χ1v) is 32.1. The topological polar surface area (TPSA) is 342 Å². The molecule has 3 aliphatic heterocycles. The van der Waals surface area contributed by atoms with Crippen molar-refractivity contribution in [1.29, 1.82) is 0 Å². The molecule has 2 aromatic heterocycles.